The molecule has 1 amide bonds. The molecule has 0 radical (unpaired) electrons. The van der Waals surface area contributed by atoms with Crippen molar-refractivity contribution in [2.45, 2.75) is 13.5 Å². The van der Waals surface area contributed by atoms with Crippen molar-refractivity contribution in [2.75, 3.05) is 0 Å². The van der Waals surface area contributed by atoms with Crippen LogP contribution in [0, 0.1) is 6.92 Å². The van der Waals surface area contributed by atoms with Crippen LogP contribution in [-0.4, -0.2) is 15.7 Å². The molecule has 0 saturated heterocycles. The third kappa shape index (κ3) is 2.70. The first-order chi connectivity index (χ1) is 10.6. The highest BCUT2D eigenvalue weighted by molar-refractivity contribution is 6.33. The summed E-state index contributed by atoms with van der Waals surface area (Å²) >= 11 is 6.12. The van der Waals surface area contributed by atoms with E-state index in [1.54, 1.807) is 12.1 Å². The molecule has 1 N–H and O–H groups in total. The number of hydrogen-bond acceptors (Lipinski definition) is 2. The van der Waals surface area contributed by atoms with E-state index in [1.165, 1.54) is 0 Å². The van der Waals surface area contributed by atoms with Crippen LogP contribution in [0.15, 0.2) is 42.5 Å². The summed E-state index contributed by atoms with van der Waals surface area (Å²) < 4.78 is 1.82. The monoisotopic (exact) mass is 313 g/mol. The van der Waals surface area contributed by atoms with Gasteiger partial charge in [0.05, 0.1) is 28.3 Å². The molecular formula is C17H16ClN3O. The number of carbonyl (C=O) groups excluding carboxylic acids is 1. The van der Waals surface area contributed by atoms with Gasteiger partial charge in [0.15, 0.2) is 0 Å². The first-order valence-electron chi connectivity index (χ1n) is 7.01. The molecule has 22 heavy (non-hydrogen) atoms. The summed E-state index contributed by atoms with van der Waals surface area (Å²) in [4.78, 5) is 12.3. The zero-order chi connectivity index (χ0) is 15.7. The van der Waals surface area contributed by atoms with Crippen molar-refractivity contribution in [1.82, 2.24) is 15.1 Å². The number of para-hydroxylation sites is 1. The highest BCUT2D eigenvalue weighted by atomic mass is 35.5. The van der Waals surface area contributed by atoms with E-state index in [9.17, 15) is 4.79 Å². The minimum Gasteiger partial charge on any atom is -0.346 e. The standard InChI is InChI=1S/C17H16ClN3O/c1-11-7-8-12(14(18)9-11)17(22)19-10-15-13-5-3-4-6-16(13)21(2)20-15/h3-9H,10H2,1-2H3,(H,19,22). The van der Waals surface area contributed by atoms with Crippen LogP contribution in [0.25, 0.3) is 10.9 Å². The van der Waals surface area contributed by atoms with Gasteiger partial charge >= 0.3 is 0 Å². The van der Waals surface area contributed by atoms with Gasteiger partial charge in [0, 0.05) is 12.4 Å². The van der Waals surface area contributed by atoms with E-state index in [0.717, 1.165) is 22.2 Å². The average Bonchev–Trinajstić information content (AvgIpc) is 2.82. The fraction of sp³-hybridized carbons (Fsp3) is 0.176. The van der Waals surface area contributed by atoms with Crippen LogP contribution >= 0.6 is 11.6 Å². The molecule has 0 saturated carbocycles. The molecule has 4 nitrogen and oxygen atoms in total. The summed E-state index contributed by atoms with van der Waals surface area (Å²) in [6, 6.07) is 13.3. The lowest BCUT2D eigenvalue weighted by molar-refractivity contribution is 0.0950. The van der Waals surface area contributed by atoms with E-state index < -0.39 is 0 Å². The minimum absolute atomic E-state index is 0.195. The molecule has 1 heterocycles. The SMILES string of the molecule is Cc1ccc(C(=O)NCc2nn(C)c3ccccc23)c(Cl)c1. The molecule has 0 bridgehead atoms. The van der Waals surface area contributed by atoms with E-state index in [-0.39, 0.29) is 5.91 Å². The summed E-state index contributed by atoms with van der Waals surface area (Å²) in [6.07, 6.45) is 0. The van der Waals surface area contributed by atoms with Crippen molar-refractivity contribution in [3.63, 3.8) is 0 Å². The average molecular weight is 314 g/mol. The van der Waals surface area contributed by atoms with Gasteiger partial charge < -0.3 is 5.32 Å². The number of carbonyl (C=O) groups is 1. The molecule has 0 aliphatic heterocycles. The summed E-state index contributed by atoms with van der Waals surface area (Å²) in [7, 11) is 1.89. The fourth-order valence-corrected chi connectivity index (χ4v) is 2.80. The number of fused-ring (bicyclic) bond motifs is 1. The quantitative estimate of drug-likeness (QED) is 0.805. The van der Waals surface area contributed by atoms with E-state index in [2.05, 4.69) is 10.4 Å². The van der Waals surface area contributed by atoms with Crippen molar-refractivity contribution in [1.29, 1.82) is 0 Å². The predicted octanol–water partition coefficient (Wildman–Crippen LogP) is 3.47. The topological polar surface area (TPSA) is 46.9 Å². The lowest BCUT2D eigenvalue weighted by atomic mass is 10.1. The van der Waals surface area contributed by atoms with Gasteiger partial charge in [-0.2, -0.15) is 5.10 Å². The second-order valence-electron chi connectivity index (χ2n) is 5.25. The number of benzene rings is 2. The van der Waals surface area contributed by atoms with Gasteiger partial charge in [0.2, 0.25) is 0 Å². The smallest absolute Gasteiger partial charge is 0.253 e. The molecule has 0 unspecified atom stereocenters. The zero-order valence-electron chi connectivity index (χ0n) is 12.4. The van der Waals surface area contributed by atoms with Crippen LogP contribution < -0.4 is 5.32 Å². The Morgan fingerprint density at radius 3 is 2.82 bits per heavy atom. The Kier molecular flexibility index (Phi) is 3.86. The van der Waals surface area contributed by atoms with Gasteiger partial charge in [0.25, 0.3) is 5.91 Å². The van der Waals surface area contributed by atoms with Crippen molar-refractivity contribution in [3.05, 3.63) is 64.3 Å². The Balaban J connectivity index is 1.80. The number of aromatic nitrogens is 2. The first kappa shape index (κ1) is 14.6. The number of nitrogens with one attached hydrogen (secondary N) is 1. The highest BCUT2D eigenvalue weighted by Gasteiger charge is 2.12. The molecule has 0 spiro atoms. The van der Waals surface area contributed by atoms with Crippen LogP contribution in [-0.2, 0) is 13.6 Å². The molecule has 0 fully saturated rings. The van der Waals surface area contributed by atoms with Crippen LogP contribution in [0.1, 0.15) is 21.6 Å². The molecular weight excluding hydrogens is 298 g/mol. The van der Waals surface area contributed by atoms with Gasteiger partial charge in [-0.25, -0.2) is 0 Å². The van der Waals surface area contributed by atoms with Crippen LogP contribution in [0.2, 0.25) is 5.02 Å². The third-order valence-electron chi connectivity index (χ3n) is 3.62. The lowest BCUT2D eigenvalue weighted by Crippen LogP contribution is -2.23. The second-order valence-corrected chi connectivity index (χ2v) is 5.66. The van der Waals surface area contributed by atoms with Crippen LogP contribution in [0.3, 0.4) is 0 Å². The fourth-order valence-electron chi connectivity index (χ4n) is 2.48. The number of halogens is 1. The van der Waals surface area contributed by atoms with Crippen molar-refractivity contribution < 1.29 is 4.79 Å². The van der Waals surface area contributed by atoms with Crippen molar-refractivity contribution in [2.24, 2.45) is 7.05 Å². The van der Waals surface area contributed by atoms with Gasteiger partial charge in [-0.3, -0.25) is 9.48 Å². The van der Waals surface area contributed by atoms with E-state index >= 15 is 0 Å². The lowest BCUT2D eigenvalue weighted by Gasteiger charge is -2.06. The minimum atomic E-state index is -0.195. The molecule has 3 aromatic rings. The van der Waals surface area contributed by atoms with E-state index in [4.69, 9.17) is 11.6 Å². The van der Waals surface area contributed by atoms with Crippen LogP contribution in [0.4, 0.5) is 0 Å². The number of nitrogens with zero attached hydrogens (tertiary/aromatic N) is 2. The maximum Gasteiger partial charge on any atom is 0.253 e. The van der Waals surface area contributed by atoms with Gasteiger partial charge in [0.1, 0.15) is 0 Å². The van der Waals surface area contributed by atoms with E-state index in [1.807, 2.05) is 49.0 Å². The van der Waals surface area contributed by atoms with Crippen LogP contribution in [0.5, 0.6) is 0 Å². The number of rotatable bonds is 3. The Morgan fingerprint density at radius 2 is 2.05 bits per heavy atom. The first-order valence-corrected chi connectivity index (χ1v) is 7.39. The van der Waals surface area contributed by atoms with E-state index in [0.29, 0.717) is 17.1 Å². The maximum absolute atomic E-state index is 12.3. The number of hydrogen-bond donors (Lipinski definition) is 1. The molecule has 5 heteroatoms. The van der Waals surface area contributed by atoms with Crippen molar-refractivity contribution in [3.8, 4) is 0 Å². The molecule has 0 atom stereocenters. The summed E-state index contributed by atoms with van der Waals surface area (Å²) in [6.45, 7) is 2.30. The number of amides is 1. The summed E-state index contributed by atoms with van der Waals surface area (Å²) in [5, 5.41) is 8.85. The molecule has 0 aliphatic rings. The maximum atomic E-state index is 12.3. The molecule has 3 rings (SSSR count). The normalized spacial score (nSPS) is 10.9. The molecule has 0 aliphatic carbocycles. The number of aryl methyl sites for hydroxylation is 2. The second kappa shape index (κ2) is 5.81. The molecule has 2 aromatic carbocycles. The molecule has 112 valence electrons. The van der Waals surface area contributed by atoms with Gasteiger partial charge in [-0.1, -0.05) is 35.9 Å². The van der Waals surface area contributed by atoms with Crippen molar-refractivity contribution >= 4 is 28.4 Å². The Bertz CT molecular complexity index is 854. The van der Waals surface area contributed by atoms with Gasteiger partial charge in [-0.05, 0) is 30.7 Å². The highest BCUT2D eigenvalue weighted by Crippen LogP contribution is 2.19. The largest absolute Gasteiger partial charge is 0.346 e. The summed E-state index contributed by atoms with van der Waals surface area (Å²) in [5.74, 6) is -0.195. The third-order valence-corrected chi connectivity index (χ3v) is 3.93. The molecule has 1 aromatic heterocycles. The Morgan fingerprint density at radius 1 is 1.27 bits per heavy atom. The Labute approximate surface area is 133 Å². The summed E-state index contributed by atoms with van der Waals surface area (Å²) in [5.41, 5.74) is 3.39. The van der Waals surface area contributed by atoms with Gasteiger partial charge in [-0.15, -0.1) is 0 Å². The zero-order valence-corrected chi connectivity index (χ0v) is 13.2. The Hall–Kier alpha value is -2.33. The predicted molar refractivity (Wildman–Crippen MR) is 88.1 cm³/mol.